The van der Waals surface area contributed by atoms with E-state index in [0.29, 0.717) is 17.3 Å². The van der Waals surface area contributed by atoms with Crippen LogP contribution in [-0.4, -0.2) is 51.0 Å². The largest absolute Gasteiger partial charge is 0.394 e. The summed E-state index contributed by atoms with van der Waals surface area (Å²) in [4.78, 5) is 12.3. The summed E-state index contributed by atoms with van der Waals surface area (Å²) in [6.07, 6.45) is 4.51. The quantitative estimate of drug-likeness (QED) is 0.467. The van der Waals surface area contributed by atoms with Gasteiger partial charge >= 0.3 is 6.03 Å². The highest BCUT2D eigenvalue weighted by molar-refractivity contribution is 6.30. The lowest BCUT2D eigenvalue weighted by atomic mass is 9.97. The van der Waals surface area contributed by atoms with Gasteiger partial charge in [-0.25, -0.2) is 4.79 Å². The Labute approximate surface area is 197 Å². The second-order valence-corrected chi connectivity index (χ2v) is 8.63. The van der Waals surface area contributed by atoms with Gasteiger partial charge in [-0.3, -0.25) is 4.68 Å². The molecule has 0 aliphatic carbocycles. The van der Waals surface area contributed by atoms with E-state index >= 15 is 0 Å². The number of anilines is 1. The van der Waals surface area contributed by atoms with E-state index in [1.165, 1.54) is 5.56 Å². The summed E-state index contributed by atoms with van der Waals surface area (Å²) in [5.41, 5.74) is 2.77. The summed E-state index contributed by atoms with van der Waals surface area (Å²) in [5.74, 6) is 0. The Morgan fingerprint density at radius 1 is 1.15 bits per heavy atom. The third kappa shape index (κ3) is 6.77. The highest BCUT2D eigenvalue weighted by Crippen LogP contribution is 2.23. The minimum absolute atomic E-state index is 0.0127. The van der Waals surface area contributed by atoms with Gasteiger partial charge < -0.3 is 20.5 Å². The number of ether oxygens (including phenoxy) is 1. The maximum absolute atomic E-state index is 12.3. The van der Waals surface area contributed by atoms with Crippen LogP contribution in [-0.2, 0) is 17.7 Å². The first-order chi connectivity index (χ1) is 16.1. The number of hydrogen-bond donors (Lipinski definition) is 3. The van der Waals surface area contributed by atoms with Gasteiger partial charge in [0.1, 0.15) is 6.10 Å². The molecule has 8 nitrogen and oxygen atoms in total. The highest BCUT2D eigenvalue weighted by atomic mass is 35.5. The first-order valence-corrected chi connectivity index (χ1v) is 11.5. The molecule has 1 fully saturated rings. The summed E-state index contributed by atoms with van der Waals surface area (Å²) in [6.45, 7) is 0.521. The number of hydrogen-bond acceptors (Lipinski definition) is 5. The molecule has 0 saturated carbocycles. The van der Waals surface area contributed by atoms with Crippen LogP contribution in [0.4, 0.5) is 10.5 Å². The van der Waals surface area contributed by atoms with Crippen LogP contribution in [0, 0.1) is 0 Å². The number of aliphatic hydroxyl groups excluding tert-OH is 1. The Hall–Kier alpha value is -2.94. The number of aliphatic hydroxyl groups is 1. The zero-order chi connectivity index (χ0) is 23.0. The number of nitrogens with one attached hydrogen (secondary N) is 2. The van der Waals surface area contributed by atoms with Gasteiger partial charge in [0.15, 0.2) is 0 Å². The van der Waals surface area contributed by atoms with Gasteiger partial charge in [-0.2, -0.15) is 0 Å². The first-order valence-electron chi connectivity index (χ1n) is 11.1. The van der Waals surface area contributed by atoms with Crippen molar-refractivity contribution in [1.82, 2.24) is 20.3 Å². The Morgan fingerprint density at radius 2 is 1.94 bits per heavy atom. The summed E-state index contributed by atoms with van der Waals surface area (Å²) >= 11 is 5.87. The Kier molecular flexibility index (Phi) is 7.93. The summed E-state index contributed by atoms with van der Waals surface area (Å²) < 4.78 is 7.90. The van der Waals surface area contributed by atoms with Gasteiger partial charge in [0.2, 0.25) is 0 Å². The molecule has 4 rings (SSSR count). The van der Waals surface area contributed by atoms with Crippen LogP contribution in [0.25, 0.3) is 0 Å². The van der Waals surface area contributed by atoms with Gasteiger partial charge in [-0.05, 0) is 49.1 Å². The van der Waals surface area contributed by atoms with Crippen molar-refractivity contribution in [3.63, 3.8) is 0 Å². The van der Waals surface area contributed by atoms with E-state index in [2.05, 4.69) is 33.1 Å². The molecule has 174 valence electrons. The highest BCUT2D eigenvalue weighted by Gasteiger charge is 2.31. The van der Waals surface area contributed by atoms with E-state index in [1.54, 1.807) is 24.3 Å². The van der Waals surface area contributed by atoms with Crippen LogP contribution in [0.2, 0.25) is 5.02 Å². The monoisotopic (exact) mass is 469 g/mol. The molecule has 1 aromatic heterocycles. The fourth-order valence-electron chi connectivity index (χ4n) is 3.99. The molecule has 0 spiro atoms. The van der Waals surface area contributed by atoms with Gasteiger partial charge in [-0.1, -0.05) is 47.1 Å². The molecule has 0 unspecified atom stereocenters. The van der Waals surface area contributed by atoms with E-state index < -0.39 is 6.10 Å². The number of rotatable bonds is 8. The Balaban J connectivity index is 1.23. The van der Waals surface area contributed by atoms with Crippen molar-refractivity contribution in [2.45, 2.75) is 50.5 Å². The third-order valence-corrected chi connectivity index (χ3v) is 5.96. The van der Waals surface area contributed by atoms with Crippen molar-refractivity contribution in [3.8, 4) is 0 Å². The molecular formula is C24H28ClN5O3. The van der Waals surface area contributed by atoms with Gasteiger partial charge in [0, 0.05) is 29.9 Å². The zero-order valence-corrected chi connectivity index (χ0v) is 19.0. The predicted octanol–water partition coefficient (Wildman–Crippen LogP) is 3.64. The van der Waals surface area contributed by atoms with Crippen LogP contribution in [0.3, 0.4) is 0 Å². The molecule has 2 amide bonds. The number of carbonyl (C=O) groups excluding carboxylic acids is 1. The molecule has 1 saturated heterocycles. The minimum Gasteiger partial charge on any atom is -0.394 e. The lowest BCUT2D eigenvalue weighted by Crippen LogP contribution is -2.52. The van der Waals surface area contributed by atoms with Crippen LogP contribution in [0.1, 0.15) is 30.5 Å². The fourth-order valence-corrected chi connectivity index (χ4v) is 4.11. The molecule has 2 heterocycles. The molecule has 0 bridgehead atoms. The van der Waals surface area contributed by atoms with Crippen LogP contribution >= 0.6 is 11.6 Å². The molecule has 9 heteroatoms. The van der Waals surface area contributed by atoms with Gasteiger partial charge in [0.25, 0.3) is 0 Å². The SMILES string of the molecule is O=C(Nc1ccc(Cl)cc1)N[C@H]1CC[C@H](CCn2cc(Cc3ccccc3)nn2)O[C@H]1CO. The normalized spacial score (nSPS) is 20.4. The minimum atomic E-state index is -0.455. The lowest BCUT2D eigenvalue weighted by Gasteiger charge is -2.36. The molecule has 1 aliphatic rings. The fraction of sp³-hybridized carbons (Fsp3) is 0.375. The molecular weight excluding hydrogens is 442 g/mol. The van der Waals surface area contributed by atoms with Crippen LogP contribution < -0.4 is 10.6 Å². The van der Waals surface area contributed by atoms with Crippen molar-refractivity contribution in [1.29, 1.82) is 0 Å². The number of aromatic nitrogens is 3. The summed E-state index contributed by atoms with van der Waals surface area (Å²) in [7, 11) is 0. The van der Waals surface area contributed by atoms with Crippen LogP contribution in [0.5, 0.6) is 0 Å². The first kappa shape index (κ1) is 23.2. The lowest BCUT2D eigenvalue weighted by molar-refractivity contribution is -0.0905. The maximum atomic E-state index is 12.3. The van der Waals surface area contributed by atoms with Gasteiger partial charge in [0.05, 0.1) is 24.4 Å². The predicted molar refractivity (Wildman–Crippen MR) is 126 cm³/mol. The van der Waals surface area contributed by atoms with Crippen molar-refractivity contribution in [2.75, 3.05) is 11.9 Å². The van der Waals surface area contributed by atoms with Crippen molar-refractivity contribution < 1.29 is 14.6 Å². The standard InChI is InChI=1S/C24H28ClN5O3/c25-18-6-8-19(9-7-18)26-24(32)27-22-11-10-21(33-23(22)16-31)12-13-30-15-20(28-29-30)14-17-4-2-1-3-5-17/h1-9,15,21-23,31H,10-14,16H2,(H2,26,27,32)/t21-,22+,23+/m1/s1. The zero-order valence-electron chi connectivity index (χ0n) is 18.2. The number of halogens is 1. The van der Waals surface area contributed by atoms with Crippen LogP contribution in [0.15, 0.2) is 60.8 Å². The Bertz CT molecular complexity index is 1030. The van der Waals surface area contributed by atoms with Crippen molar-refractivity contribution >= 4 is 23.3 Å². The van der Waals surface area contributed by atoms with E-state index in [1.807, 2.05) is 29.1 Å². The molecule has 3 atom stereocenters. The van der Waals surface area contributed by atoms with Crippen molar-refractivity contribution in [2.24, 2.45) is 0 Å². The number of urea groups is 1. The maximum Gasteiger partial charge on any atom is 0.319 e. The number of aryl methyl sites for hydroxylation is 1. The average molecular weight is 470 g/mol. The summed E-state index contributed by atoms with van der Waals surface area (Å²) in [5, 5.41) is 24.6. The van der Waals surface area contributed by atoms with E-state index in [9.17, 15) is 9.90 Å². The number of benzene rings is 2. The van der Waals surface area contributed by atoms with E-state index in [4.69, 9.17) is 16.3 Å². The topological polar surface area (TPSA) is 101 Å². The number of carbonyl (C=O) groups is 1. The van der Waals surface area contributed by atoms with E-state index in [-0.39, 0.29) is 24.8 Å². The van der Waals surface area contributed by atoms with Gasteiger partial charge in [-0.15, -0.1) is 5.10 Å². The molecule has 33 heavy (non-hydrogen) atoms. The van der Waals surface area contributed by atoms with Crippen molar-refractivity contribution in [3.05, 3.63) is 77.1 Å². The van der Waals surface area contributed by atoms with E-state index in [0.717, 1.165) is 31.4 Å². The third-order valence-electron chi connectivity index (χ3n) is 5.71. The second kappa shape index (κ2) is 11.3. The summed E-state index contributed by atoms with van der Waals surface area (Å²) in [6, 6.07) is 16.5. The number of amides is 2. The number of nitrogens with zero attached hydrogens (tertiary/aromatic N) is 3. The Morgan fingerprint density at radius 3 is 2.70 bits per heavy atom. The smallest absolute Gasteiger partial charge is 0.319 e. The molecule has 3 N–H and O–H groups in total. The molecule has 3 aromatic rings. The molecule has 0 radical (unpaired) electrons. The molecule has 2 aromatic carbocycles. The molecule has 1 aliphatic heterocycles. The average Bonchev–Trinajstić information content (AvgIpc) is 3.27. The second-order valence-electron chi connectivity index (χ2n) is 8.19.